The van der Waals surface area contributed by atoms with Crippen molar-refractivity contribution in [3.05, 3.63) is 82.4 Å². The molecule has 0 heterocycles. The lowest BCUT2D eigenvalue weighted by Gasteiger charge is -2.21. The molecule has 3 rings (SSSR count). The van der Waals surface area contributed by atoms with Gasteiger partial charge in [-0.15, -0.1) is 0 Å². The quantitative estimate of drug-likeness (QED) is 0.344. The van der Waals surface area contributed by atoms with Gasteiger partial charge in [0.1, 0.15) is 22.9 Å². The molecule has 3 aromatic carbocycles. The summed E-state index contributed by atoms with van der Waals surface area (Å²) in [6, 6.07) is 7.88. The molecule has 176 valence electrons. The van der Waals surface area contributed by atoms with Gasteiger partial charge < -0.3 is 9.84 Å². The number of alkyl halides is 2. The Labute approximate surface area is 187 Å². The molecular formula is C25H22F6O2. The number of aromatic hydroxyl groups is 1. The van der Waals surface area contributed by atoms with Crippen molar-refractivity contribution in [3.63, 3.8) is 0 Å². The Morgan fingerprint density at radius 1 is 0.818 bits per heavy atom. The predicted molar refractivity (Wildman–Crippen MR) is 112 cm³/mol. The van der Waals surface area contributed by atoms with Crippen molar-refractivity contribution in [2.45, 2.75) is 45.6 Å². The van der Waals surface area contributed by atoms with Gasteiger partial charge in [-0.3, -0.25) is 0 Å². The largest absolute Gasteiger partial charge is 0.507 e. The number of ether oxygens (including phenoxy) is 1. The molecule has 0 atom stereocenters. The van der Waals surface area contributed by atoms with Gasteiger partial charge >= 0.3 is 6.11 Å². The van der Waals surface area contributed by atoms with E-state index in [0.717, 1.165) is 24.1 Å². The fourth-order valence-corrected chi connectivity index (χ4v) is 3.59. The van der Waals surface area contributed by atoms with Crippen molar-refractivity contribution >= 4 is 0 Å². The van der Waals surface area contributed by atoms with Crippen molar-refractivity contribution in [1.29, 1.82) is 0 Å². The zero-order valence-electron chi connectivity index (χ0n) is 18.0. The summed E-state index contributed by atoms with van der Waals surface area (Å²) in [4.78, 5) is 0. The summed E-state index contributed by atoms with van der Waals surface area (Å²) in [6.07, 6.45) is -2.28. The molecule has 0 bridgehead atoms. The maximum atomic E-state index is 15.2. The molecule has 0 saturated heterocycles. The van der Waals surface area contributed by atoms with Gasteiger partial charge in [-0.05, 0) is 36.1 Å². The fraction of sp³-hybridized carbons (Fsp3) is 0.280. The van der Waals surface area contributed by atoms with Crippen molar-refractivity contribution in [1.82, 2.24) is 0 Å². The first-order chi connectivity index (χ1) is 15.6. The molecule has 0 unspecified atom stereocenters. The molecular weight excluding hydrogens is 446 g/mol. The molecule has 8 heteroatoms. The summed E-state index contributed by atoms with van der Waals surface area (Å²) in [5.41, 5.74) is -2.87. The van der Waals surface area contributed by atoms with Crippen LogP contribution in [0, 0.1) is 23.3 Å². The van der Waals surface area contributed by atoms with Crippen molar-refractivity contribution in [2.75, 3.05) is 0 Å². The SMILES string of the molecule is CCCc1ccc(OC(F)(F)c2c(F)cc(O)c(-c3ccc(CCC)c(F)c3F)c2F)cc1. The number of rotatable bonds is 8. The van der Waals surface area contributed by atoms with Crippen LogP contribution in [0.1, 0.15) is 43.4 Å². The summed E-state index contributed by atoms with van der Waals surface area (Å²) in [6.45, 7) is 3.68. The van der Waals surface area contributed by atoms with E-state index in [2.05, 4.69) is 4.74 Å². The highest BCUT2D eigenvalue weighted by atomic mass is 19.3. The molecule has 1 N–H and O–H groups in total. The van der Waals surface area contributed by atoms with Crippen LogP contribution in [-0.4, -0.2) is 5.11 Å². The summed E-state index contributed by atoms with van der Waals surface area (Å²) in [5, 5.41) is 10.0. The fourth-order valence-electron chi connectivity index (χ4n) is 3.59. The molecule has 3 aromatic rings. The highest BCUT2D eigenvalue weighted by molar-refractivity contribution is 5.73. The maximum Gasteiger partial charge on any atom is 0.432 e. The summed E-state index contributed by atoms with van der Waals surface area (Å²) >= 11 is 0. The number of phenolic OH excluding ortho intramolecular Hbond substituents is 1. The second-order valence-corrected chi connectivity index (χ2v) is 7.60. The number of hydrogen-bond donors (Lipinski definition) is 1. The standard InChI is InChI=1S/C25H22F6O2/c1-3-5-14-7-10-16(11-8-14)33-25(30,31)21-18(26)13-19(32)20(24(21)29)17-12-9-15(6-4-2)22(27)23(17)28/h7-13,32H,3-6H2,1-2H3. The number of aryl methyl sites for hydroxylation is 2. The normalized spacial score (nSPS) is 11.6. The van der Waals surface area contributed by atoms with E-state index in [4.69, 9.17) is 0 Å². The third-order valence-electron chi connectivity index (χ3n) is 5.15. The Hall–Kier alpha value is -3.16. The minimum Gasteiger partial charge on any atom is -0.507 e. The summed E-state index contributed by atoms with van der Waals surface area (Å²) in [5.74, 6) is -8.10. The highest BCUT2D eigenvalue weighted by Crippen LogP contribution is 2.43. The first-order valence-electron chi connectivity index (χ1n) is 10.4. The Morgan fingerprint density at radius 2 is 1.45 bits per heavy atom. The van der Waals surface area contributed by atoms with E-state index in [1.807, 2.05) is 6.92 Å². The third kappa shape index (κ3) is 4.94. The van der Waals surface area contributed by atoms with E-state index >= 15 is 4.39 Å². The topological polar surface area (TPSA) is 29.5 Å². The van der Waals surface area contributed by atoms with Gasteiger partial charge in [-0.25, -0.2) is 17.6 Å². The number of hydrogen-bond acceptors (Lipinski definition) is 2. The number of halogens is 6. The average Bonchev–Trinajstić information content (AvgIpc) is 2.74. The summed E-state index contributed by atoms with van der Waals surface area (Å²) in [7, 11) is 0. The van der Waals surface area contributed by atoms with Crippen molar-refractivity contribution < 1.29 is 36.2 Å². The van der Waals surface area contributed by atoms with Gasteiger partial charge in [0, 0.05) is 11.6 Å². The molecule has 0 aromatic heterocycles. The molecule has 33 heavy (non-hydrogen) atoms. The van der Waals surface area contributed by atoms with Crippen LogP contribution >= 0.6 is 0 Å². The molecule has 0 saturated carbocycles. The van der Waals surface area contributed by atoms with Crippen LogP contribution < -0.4 is 4.74 Å². The molecule has 0 amide bonds. The lowest BCUT2D eigenvalue weighted by molar-refractivity contribution is -0.189. The van der Waals surface area contributed by atoms with Gasteiger partial charge in [-0.2, -0.15) is 8.78 Å². The smallest absolute Gasteiger partial charge is 0.432 e. The minimum atomic E-state index is -4.51. The molecule has 0 spiro atoms. The molecule has 2 nitrogen and oxygen atoms in total. The minimum absolute atomic E-state index is 0.00108. The highest BCUT2D eigenvalue weighted by Gasteiger charge is 2.43. The third-order valence-corrected chi connectivity index (χ3v) is 5.15. The van der Waals surface area contributed by atoms with Gasteiger partial charge in [0.25, 0.3) is 0 Å². The average molecular weight is 468 g/mol. The van der Waals surface area contributed by atoms with Gasteiger partial charge in [0.15, 0.2) is 17.5 Å². The molecule has 0 aliphatic heterocycles. The van der Waals surface area contributed by atoms with E-state index < -0.39 is 51.8 Å². The van der Waals surface area contributed by atoms with Crippen LogP contribution in [0.25, 0.3) is 11.1 Å². The lowest BCUT2D eigenvalue weighted by atomic mass is 9.97. The Bertz CT molecular complexity index is 1140. The molecule has 0 aliphatic rings. The Kier molecular flexibility index (Phi) is 7.25. The predicted octanol–water partition coefficient (Wildman–Crippen LogP) is 7.65. The molecule has 0 fully saturated rings. The van der Waals surface area contributed by atoms with Gasteiger partial charge in [0.05, 0.1) is 5.56 Å². The van der Waals surface area contributed by atoms with Crippen LogP contribution in [0.15, 0.2) is 42.5 Å². The summed E-state index contributed by atoms with van der Waals surface area (Å²) < 4.78 is 92.8. The van der Waals surface area contributed by atoms with E-state index in [-0.39, 0.29) is 23.8 Å². The second kappa shape index (κ2) is 9.77. The van der Waals surface area contributed by atoms with Crippen LogP contribution in [0.5, 0.6) is 11.5 Å². The zero-order valence-corrected chi connectivity index (χ0v) is 18.0. The van der Waals surface area contributed by atoms with E-state index in [1.54, 1.807) is 19.1 Å². The molecule has 0 radical (unpaired) electrons. The van der Waals surface area contributed by atoms with E-state index in [9.17, 15) is 27.1 Å². The Balaban J connectivity index is 2.07. The van der Waals surface area contributed by atoms with Crippen LogP contribution in [0.2, 0.25) is 0 Å². The van der Waals surface area contributed by atoms with E-state index in [0.29, 0.717) is 12.8 Å². The van der Waals surface area contributed by atoms with Crippen molar-refractivity contribution in [3.8, 4) is 22.6 Å². The van der Waals surface area contributed by atoms with Gasteiger partial charge in [-0.1, -0.05) is 51.0 Å². The monoisotopic (exact) mass is 468 g/mol. The first-order valence-corrected chi connectivity index (χ1v) is 10.4. The number of benzene rings is 3. The zero-order chi connectivity index (χ0) is 24.3. The van der Waals surface area contributed by atoms with Crippen LogP contribution in [0.3, 0.4) is 0 Å². The van der Waals surface area contributed by atoms with Gasteiger partial charge in [0.2, 0.25) is 0 Å². The lowest BCUT2D eigenvalue weighted by Crippen LogP contribution is -2.25. The Morgan fingerprint density at radius 3 is 2.06 bits per heavy atom. The molecule has 0 aliphatic carbocycles. The van der Waals surface area contributed by atoms with Crippen LogP contribution in [-0.2, 0) is 19.0 Å². The maximum absolute atomic E-state index is 15.2. The number of phenols is 1. The van der Waals surface area contributed by atoms with E-state index in [1.165, 1.54) is 12.1 Å². The second-order valence-electron chi connectivity index (χ2n) is 7.60. The first kappa shape index (κ1) is 24.5. The van der Waals surface area contributed by atoms with Crippen LogP contribution in [0.4, 0.5) is 26.3 Å². The van der Waals surface area contributed by atoms with Crippen molar-refractivity contribution in [2.24, 2.45) is 0 Å².